The summed E-state index contributed by atoms with van der Waals surface area (Å²) in [6, 6.07) is 13.6. The van der Waals surface area contributed by atoms with Gasteiger partial charge in [0.2, 0.25) is 11.1 Å². The Hall–Kier alpha value is -2.38. The molecule has 128 valence electrons. The Labute approximate surface area is 154 Å². The van der Waals surface area contributed by atoms with Crippen LogP contribution in [0.2, 0.25) is 0 Å². The lowest BCUT2D eigenvalue weighted by atomic mass is 10.3. The average Bonchev–Trinajstić information content (AvgIpc) is 3.31. The van der Waals surface area contributed by atoms with E-state index in [1.165, 1.54) is 11.8 Å². The molecule has 5 nitrogen and oxygen atoms in total. The standard InChI is InChI=1S/C18H18N4OS2/c1-13(17(23)22(2)14-7-4-3-5-8-14)25-18-19-16(20-21-18)11-10-15-9-6-12-24-15/h3-13H,1-2H3,(H,19,20,21). The normalized spacial score (nSPS) is 12.4. The highest BCUT2D eigenvalue weighted by atomic mass is 32.2. The van der Waals surface area contributed by atoms with Crippen LogP contribution >= 0.6 is 23.1 Å². The number of benzene rings is 1. The van der Waals surface area contributed by atoms with Crippen molar-refractivity contribution in [3.63, 3.8) is 0 Å². The molecule has 1 atom stereocenters. The van der Waals surface area contributed by atoms with Gasteiger partial charge in [-0.2, -0.15) is 0 Å². The third kappa shape index (κ3) is 4.58. The first-order chi connectivity index (χ1) is 12.1. The molecule has 1 aromatic carbocycles. The van der Waals surface area contributed by atoms with Crippen molar-refractivity contribution in [3.8, 4) is 0 Å². The van der Waals surface area contributed by atoms with Crippen LogP contribution in [0.5, 0.6) is 0 Å². The number of anilines is 1. The van der Waals surface area contributed by atoms with Crippen LogP contribution in [0, 0.1) is 0 Å². The molecule has 0 bridgehead atoms. The van der Waals surface area contributed by atoms with E-state index in [0.717, 1.165) is 10.6 Å². The van der Waals surface area contributed by atoms with Crippen LogP contribution in [0.25, 0.3) is 12.2 Å². The van der Waals surface area contributed by atoms with E-state index in [1.54, 1.807) is 23.3 Å². The molecule has 1 N–H and O–H groups in total. The first-order valence-corrected chi connectivity index (χ1v) is 9.52. The minimum atomic E-state index is -0.282. The van der Waals surface area contributed by atoms with Gasteiger partial charge in [-0.25, -0.2) is 4.98 Å². The summed E-state index contributed by atoms with van der Waals surface area (Å²) in [5, 5.41) is 9.37. The zero-order valence-corrected chi connectivity index (χ0v) is 15.6. The number of nitrogens with one attached hydrogen (secondary N) is 1. The maximum absolute atomic E-state index is 12.6. The summed E-state index contributed by atoms with van der Waals surface area (Å²) < 4.78 is 0. The fourth-order valence-corrected chi connectivity index (χ4v) is 3.64. The summed E-state index contributed by atoms with van der Waals surface area (Å²) in [5.74, 6) is 0.684. The summed E-state index contributed by atoms with van der Waals surface area (Å²) in [7, 11) is 1.78. The monoisotopic (exact) mass is 370 g/mol. The molecule has 3 aromatic rings. The second-order valence-electron chi connectivity index (χ2n) is 5.34. The molecule has 0 radical (unpaired) electrons. The summed E-state index contributed by atoms with van der Waals surface area (Å²) in [4.78, 5) is 19.8. The van der Waals surface area contributed by atoms with Crippen molar-refractivity contribution in [2.75, 3.05) is 11.9 Å². The number of carbonyl (C=O) groups excluding carboxylic acids is 1. The predicted octanol–water partition coefficient (Wildman–Crippen LogP) is 4.18. The van der Waals surface area contributed by atoms with Crippen LogP contribution in [-0.4, -0.2) is 33.4 Å². The number of aromatic amines is 1. The van der Waals surface area contributed by atoms with Gasteiger partial charge >= 0.3 is 0 Å². The molecule has 2 aromatic heterocycles. The van der Waals surface area contributed by atoms with Crippen LogP contribution in [0.15, 0.2) is 53.0 Å². The third-order valence-corrected chi connectivity index (χ3v) is 5.32. The molecular formula is C18H18N4OS2. The maximum Gasteiger partial charge on any atom is 0.240 e. The number of thioether (sulfide) groups is 1. The molecule has 0 aliphatic heterocycles. The Balaban J connectivity index is 1.61. The van der Waals surface area contributed by atoms with E-state index in [0.29, 0.717) is 11.0 Å². The van der Waals surface area contributed by atoms with Crippen LogP contribution in [0.1, 0.15) is 17.6 Å². The minimum Gasteiger partial charge on any atom is -0.315 e. The van der Waals surface area contributed by atoms with Crippen molar-refractivity contribution in [2.24, 2.45) is 0 Å². The zero-order chi connectivity index (χ0) is 17.6. The Morgan fingerprint density at radius 1 is 1.24 bits per heavy atom. The van der Waals surface area contributed by atoms with Gasteiger partial charge < -0.3 is 4.90 Å². The van der Waals surface area contributed by atoms with Crippen molar-refractivity contribution < 1.29 is 4.79 Å². The lowest BCUT2D eigenvalue weighted by Gasteiger charge is -2.20. The predicted molar refractivity (Wildman–Crippen MR) is 105 cm³/mol. The van der Waals surface area contributed by atoms with E-state index >= 15 is 0 Å². The molecule has 25 heavy (non-hydrogen) atoms. The Kier molecular flexibility index (Phi) is 5.67. The highest BCUT2D eigenvalue weighted by Crippen LogP contribution is 2.23. The van der Waals surface area contributed by atoms with Gasteiger partial charge in [0.15, 0.2) is 0 Å². The lowest BCUT2D eigenvalue weighted by Crippen LogP contribution is -2.33. The van der Waals surface area contributed by atoms with E-state index in [1.807, 2.05) is 66.9 Å². The van der Waals surface area contributed by atoms with Crippen molar-refractivity contribution in [3.05, 3.63) is 58.5 Å². The fourth-order valence-electron chi connectivity index (χ4n) is 2.19. The molecule has 0 aliphatic carbocycles. The second-order valence-corrected chi connectivity index (χ2v) is 7.63. The smallest absolute Gasteiger partial charge is 0.240 e. The molecule has 0 aliphatic rings. The molecule has 0 fully saturated rings. The van der Waals surface area contributed by atoms with Crippen molar-refractivity contribution in [1.29, 1.82) is 0 Å². The zero-order valence-electron chi connectivity index (χ0n) is 13.9. The van der Waals surface area contributed by atoms with Crippen LogP contribution in [-0.2, 0) is 4.79 Å². The molecule has 0 saturated heterocycles. The average molecular weight is 371 g/mol. The van der Waals surface area contributed by atoms with Crippen molar-refractivity contribution in [2.45, 2.75) is 17.3 Å². The first-order valence-electron chi connectivity index (χ1n) is 7.77. The number of aromatic nitrogens is 3. The number of thiophene rings is 1. The van der Waals surface area contributed by atoms with Crippen LogP contribution in [0.4, 0.5) is 5.69 Å². The van der Waals surface area contributed by atoms with Gasteiger partial charge in [0.25, 0.3) is 0 Å². The van der Waals surface area contributed by atoms with Gasteiger partial charge in [0.1, 0.15) is 5.82 Å². The van der Waals surface area contributed by atoms with E-state index < -0.39 is 0 Å². The number of rotatable bonds is 6. The molecule has 1 unspecified atom stereocenters. The minimum absolute atomic E-state index is 0.0108. The molecule has 0 spiro atoms. The number of para-hydroxylation sites is 1. The van der Waals surface area contributed by atoms with Crippen LogP contribution in [0.3, 0.4) is 0 Å². The van der Waals surface area contributed by atoms with Crippen LogP contribution < -0.4 is 4.90 Å². The number of hydrogen-bond donors (Lipinski definition) is 1. The van der Waals surface area contributed by atoms with Gasteiger partial charge in [-0.05, 0) is 42.7 Å². The molecule has 2 heterocycles. The SMILES string of the molecule is CC(Sc1n[nH]c(C=Cc2cccs2)n1)C(=O)N(C)c1ccccc1. The Morgan fingerprint density at radius 2 is 2.04 bits per heavy atom. The molecule has 7 heteroatoms. The van der Waals surface area contributed by atoms with Crippen molar-refractivity contribution in [1.82, 2.24) is 15.2 Å². The van der Waals surface area contributed by atoms with Gasteiger partial charge in [0.05, 0.1) is 5.25 Å². The first kappa shape index (κ1) is 17.4. The highest BCUT2D eigenvalue weighted by molar-refractivity contribution is 8.00. The van der Waals surface area contributed by atoms with E-state index in [9.17, 15) is 4.79 Å². The maximum atomic E-state index is 12.6. The van der Waals surface area contributed by atoms with Gasteiger partial charge in [0, 0.05) is 17.6 Å². The molecule has 0 saturated carbocycles. The Bertz CT molecular complexity index is 843. The van der Waals surface area contributed by atoms with Gasteiger partial charge in [-0.15, -0.1) is 16.4 Å². The fraction of sp³-hybridized carbons (Fsp3) is 0.167. The molecular weight excluding hydrogens is 352 g/mol. The number of H-pyrrole nitrogens is 1. The second kappa shape index (κ2) is 8.13. The Morgan fingerprint density at radius 3 is 2.76 bits per heavy atom. The summed E-state index contributed by atoms with van der Waals surface area (Å²) in [6.07, 6.45) is 3.86. The highest BCUT2D eigenvalue weighted by Gasteiger charge is 2.21. The summed E-state index contributed by atoms with van der Waals surface area (Å²) in [6.45, 7) is 1.87. The van der Waals surface area contributed by atoms with Gasteiger partial charge in [-0.1, -0.05) is 36.0 Å². The van der Waals surface area contributed by atoms with Crippen molar-refractivity contribution >= 4 is 46.8 Å². The quantitative estimate of drug-likeness (QED) is 0.661. The number of nitrogens with zero attached hydrogens (tertiary/aromatic N) is 3. The van der Waals surface area contributed by atoms with E-state index in [-0.39, 0.29) is 11.2 Å². The van der Waals surface area contributed by atoms with E-state index in [2.05, 4.69) is 15.2 Å². The number of hydrogen-bond acceptors (Lipinski definition) is 5. The summed E-state index contributed by atoms with van der Waals surface area (Å²) >= 11 is 3.00. The lowest BCUT2D eigenvalue weighted by molar-refractivity contribution is -0.117. The summed E-state index contributed by atoms with van der Waals surface area (Å²) in [5.41, 5.74) is 0.870. The largest absolute Gasteiger partial charge is 0.315 e. The van der Waals surface area contributed by atoms with E-state index in [4.69, 9.17) is 0 Å². The number of amides is 1. The third-order valence-electron chi connectivity index (χ3n) is 3.53. The topological polar surface area (TPSA) is 61.9 Å². The van der Waals surface area contributed by atoms with Gasteiger partial charge in [-0.3, -0.25) is 9.89 Å². The number of carbonyl (C=O) groups is 1. The molecule has 1 amide bonds. The molecule has 3 rings (SSSR count).